The van der Waals surface area contributed by atoms with Crippen LogP contribution in [0, 0.1) is 6.92 Å². The second-order valence-electron chi connectivity index (χ2n) is 10.3. The molecule has 0 spiro atoms. The number of alkyl halides is 4. The highest BCUT2D eigenvalue weighted by Gasteiger charge is 2.38. The van der Waals surface area contributed by atoms with E-state index >= 15 is 0 Å². The molecule has 1 aliphatic heterocycles. The van der Waals surface area contributed by atoms with Crippen LogP contribution in [0.3, 0.4) is 0 Å². The summed E-state index contributed by atoms with van der Waals surface area (Å²) in [6.07, 6.45) is -0.800. The summed E-state index contributed by atoms with van der Waals surface area (Å²) in [5.74, 6) is -0.592. The number of halogens is 4. The Morgan fingerprint density at radius 2 is 2.00 bits per heavy atom. The number of fused-ring (bicyclic) bond motifs is 2. The Morgan fingerprint density at radius 1 is 1.21 bits per heavy atom. The molecule has 0 bridgehead atoms. The van der Waals surface area contributed by atoms with E-state index in [-0.39, 0.29) is 29.6 Å². The van der Waals surface area contributed by atoms with Gasteiger partial charge in [-0.15, -0.1) is 11.3 Å². The second kappa shape index (κ2) is 11.0. The monoisotopic (exact) mass is 597 g/mol. The Balaban J connectivity index is 1.49. The van der Waals surface area contributed by atoms with E-state index in [0.717, 1.165) is 24.6 Å². The first-order valence-corrected chi connectivity index (χ1v) is 14.2. The number of carbonyl (C=O) groups excluding carboxylic acids is 1. The lowest BCUT2D eigenvalue weighted by molar-refractivity contribution is -0.136. The first-order valence-electron chi connectivity index (χ1n) is 13.4. The predicted octanol–water partition coefficient (Wildman–Crippen LogP) is 5.57. The summed E-state index contributed by atoms with van der Waals surface area (Å²) in [6.45, 7) is 2.60. The van der Waals surface area contributed by atoms with Gasteiger partial charge in [-0.3, -0.25) is 14.8 Å². The smallest absolute Gasteiger partial charge is 0.331 e. The average molecular weight is 598 g/mol. The summed E-state index contributed by atoms with van der Waals surface area (Å²) < 4.78 is 60.6. The number of aromatic nitrogens is 5. The molecular weight excluding hydrogens is 570 g/mol. The first-order chi connectivity index (χ1) is 20.1. The van der Waals surface area contributed by atoms with Crippen LogP contribution in [0.4, 0.5) is 22.7 Å². The van der Waals surface area contributed by atoms with E-state index in [9.17, 15) is 22.4 Å². The lowest BCUT2D eigenvalue weighted by Gasteiger charge is -2.16. The van der Waals surface area contributed by atoms with Crippen molar-refractivity contribution in [1.82, 2.24) is 29.6 Å². The SMILES string of the molecule is CNCCc1ccc(-c2cc(C(F)(F)F)c3cn(C(C(=O)Nc4nccs4)c4ncn5c4C[C@@H](F)C5)nc3c2C)cc1. The third kappa shape index (κ3) is 5.18. The maximum absolute atomic E-state index is 14.5. The number of amides is 1. The zero-order valence-corrected chi connectivity index (χ0v) is 23.6. The number of hydrogen-bond acceptors (Lipinski definition) is 6. The molecule has 0 fully saturated rings. The van der Waals surface area contributed by atoms with Crippen LogP contribution >= 0.6 is 11.3 Å². The number of carbonyl (C=O) groups is 1. The molecule has 5 aromatic rings. The van der Waals surface area contributed by atoms with Crippen molar-refractivity contribution in [2.45, 2.75) is 44.7 Å². The van der Waals surface area contributed by atoms with E-state index in [1.165, 1.54) is 34.7 Å². The molecule has 8 nitrogen and oxygen atoms in total. The van der Waals surface area contributed by atoms with Gasteiger partial charge in [0.25, 0.3) is 5.91 Å². The van der Waals surface area contributed by atoms with Crippen molar-refractivity contribution in [2.24, 2.45) is 0 Å². The maximum atomic E-state index is 14.5. The number of nitrogens with one attached hydrogen (secondary N) is 2. The highest BCUT2D eigenvalue weighted by molar-refractivity contribution is 7.13. The van der Waals surface area contributed by atoms with Gasteiger partial charge in [0.1, 0.15) is 6.17 Å². The summed E-state index contributed by atoms with van der Waals surface area (Å²) in [4.78, 5) is 22.1. The Morgan fingerprint density at radius 3 is 2.69 bits per heavy atom. The number of rotatable bonds is 8. The quantitative estimate of drug-likeness (QED) is 0.229. The molecule has 1 unspecified atom stereocenters. The Bertz CT molecular complexity index is 1740. The summed E-state index contributed by atoms with van der Waals surface area (Å²) in [7, 11) is 1.86. The molecule has 2 N–H and O–H groups in total. The number of anilines is 1. The molecule has 0 radical (unpaired) electrons. The molecule has 4 heterocycles. The van der Waals surface area contributed by atoms with E-state index in [4.69, 9.17) is 0 Å². The molecule has 1 aliphatic rings. The summed E-state index contributed by atoms with van der Waals surface area (Å²) in [6, 6.07) is 7.30. The Hall–Kier alpha value is -4.10. The number of benzene rings is 2. The number of hydrogen-bond donors (Lipinski definition) is 2. The van der Waals surface area contributed by atoms with Crippen LogP contribution in [0.25, 0.3) is 22.0 Å². The van der Waals surface area contributed by atoms with Gasteiger partial charge in [-0.05, 0) is 55.3 Å². The van der Waals surface area contributed by atoms with E-state index in [0.29, 0.717) is 27.5 Å². The molecule has 0 aliphatic carbocycles. The van der Waals surface area contributed by atoms with Gasteiger partial charge in [-0.25, -0.2) is 14.4 Å². The van der Waals surface area contributed by atoms with Crippen molar-refractivity contribution in [3.8, 4) is 11.1 Å². The van der Waals surface area contributed by atoms with Gasteiger partial charge in [0.2, 0.25) is 0 Å². The fraction of sp³-hybridized carbons (Fsp3) is 0.310. The van der Waals surface area contributed by atoms with Crippen LogP contribution in [0.5, 0.6) is 0 Å². The normalized spacial score (nSPS) is 15.7. The average Bonchev–Trinajstić information content (AvgIpc) is 3.74. The number of likely N-dealkylation sites (N-methyl/N-ethyl adjacent to an activating group) is 1. The van der Waals surface area contributed by atoms with Gasteiger partial charge >= 0.3 is 6.18 Å². The van der Waals surface area contributed by atoms with Gasteiger partial charge < -0.3 is 9.88 Å². The van der Waals surface area contributed by atoms with Crippen LogP contribution < -0.4 is 10.6 Å². The Kier molecular flexibility index (Phi) is 7.31. The standard InChI is InChI=1S/C29H27F4N7OS/c1-16-20(18-5-3-17(4-6-18)7-8-34-2)12-22(29(31,32)33)21-14-40(38-24(16)21)26(27(41)37-28-35-9-10-42-28)25-23-11-19(30)13-39(23)15-36-25/h3-6,9-10,12,14-15,19,26,34H,7-8,11,13H2,1-2H3,(H,35,37,41)/t19-,26?/m1/s1. The highest BCUT2D eigenvalue weighted by atomic mass is 32.1. The van der Waals surface area contributed by atoms with Crippen molar-refractivity contribution < 1.29 is 22.4 Å². The van der Waals surface area contributed by atoms with E-state index < -0.39 is 29.9 Å². The first kappa shape index (κ1) is 28.0. The summed E-state index contributed by atoms with van der Waals surface area (Å²) in [5.41, 5.74) is 2.62. The van der Waals surface area contributed by atoms with Crippen molar-refractivity contribution in [2.75, 3.05) is 18.9 Å². The van der Waals surface area contributed by atoms with Crippen LogP contribution in [-0.4, -0.2) is 50.0 Å². The molecule has 218 valence electrons. The van der Waals surface area contributed by atoms with Crippen molar-refractivity contribution in [1.29, 1.82) is 0 Å². The molecular formula is C29H27F4N7OS. The largest absolute Gasteiger partial charge is 0.417 e. The van der Waals surface area contributed by atoms with Gasteiger partial charge in [0.15, 0.2) is 11.2 Å². The minimum absolute atomic E-state index is 0.0401. The fourth-order valence-electron chi connectivity index (χ4n) is 5.46. The lowest BCUT2D eigenvalue weighted by Crippen LogP contribution is -2.28. The van der Waals surface area contributed by atoms with Gasteiger partial charge in [-0.1, -0.05) is 24.3 Å². The van der Waals surface area contributed by atoms with Crippen molar-refractivity contribution >= 4 is 33.3 Å². The van der Waals surface area contributed by atoms with Crippen LogP contribution in [-0.2, 0) is 30.4 Å². The maximum Gasteiger partial charge on any atom is 0.417 e. The molecule has 2 aromatic carbocycles. The topological polar surface area (TPSA) is 89.7 Å². The molecule has 0 saturated carbocycles. The molecule has 1 amide bonds. The molecule has 6 rings (SSSR count). The minimum atomic E-state index is -4.68. The summed E-state index contributed by atoms with van der Waals surface area (Å²) in [5, 5.41) is 12.2. The van der Waals surface area contributed by atoms with Crippen molar-refractivity contribution in [3.05, 3.63) is 82.5 Å². The lowest BCUT2D eigenvalue weighted by atomic mass is 9.94. The number of aryl methyl sites for hydroxylation is 1. The third-order valence-electron chi connectivity index (χ3n) is 7.53. The van der Waals surface area contributed by atoms with E-state index in [1.54, 1.807) is 16.9 Å². The zero-order valence-electron chi connectivity index (χ0n) is 22.7. The van der Waals surface area contributed by atoms with E-state index in [1.807, 2.05) is 31.3 Å². The molecule has 0 saturated heterocycles. The number of nitrogens with zero attached hydrogens (tertiary/aromatic N) is 5. The zero-order chi connectivity index (χ0) is 29.6. The van der Waals surface area contributed by atoms with Crippen molar-refractivity contribution in [3.63, 3.8) is 0 Å². The summed E-state index contributed by atoms with van der Waals surface area (Å²) >= 11 is 1.19. The Labute approximate surface area is 242 Å². The highest BCUT2D eigenvalue weighted by Crippen LogP contribution is 2.41. The fourth-order valence-corrected chi connectivity index (χ4v) is 5.99. The molecule has 13 heteroatoms. The van der Waals surface area contributed by atoms with Gasteiger partial charge in [0, 0.05) is 35.3 Å². The molecule has 42 heavy (non-hydrogen) atoms. The molecule has 2 atom stereocenters. The predicted molar refractivity (Wildman–Crippen MR) is 152 cm³/mol. The molecule has 3 aromatic heterocycles. The number of thiazole rings is 1. The third-order valence-corrected chi connectivity index (χ3v) is 8.22. The minimum Gasteiger partial charge on any atom is -0.331 e. The van der Waals surface area contributed by atoms with Gasteiger partial charge in [-0.2, -0.15) is 18.3 Å². The van der Waals surface area contributed by atoms with Crippen LogP contribution in [0.1, 0.15) is 34.1 Å². The van der Waals surface area contributed by atoms with Gasteiger partial charge in [0.05, 0.1) is 29.6 Å². The van der Waals surface area contributed by atoms with E-state index in [2.05, 4.69) is 25.7 Å². The van der Waals surface area contributed by atoms with Crippen LogP contribution in [0.15, 0.2) is 54.4 Å². The second-order valence-corrected chi connectivity index (χ2v) is 11.2. The number of imidazole rings is 1. The van der Waals surface area contributed by atoms with Crippen LogP contribution in [0.2, 0.25) is 0 Å².